The Bertz CT molecular complexity index is 505. The van der Waals surface area contributed by atoms with Crippen LogP contribution in [0.1, 0.15) is 10.5 Å². The summed E-state index contributed by atoms with van der Waals surface area (Å²) in [5.41, 5.74) is 0.139. The molecule has 0 saturated carbocycles. The van der Waals surface area contributed by atoms with Gasteiger partial charge >= 0.3 is 0 Å². The van der Waals surface area contributed by atoms with Crippen LogP contribution in [-0.4, -0.2) is 50.2 Å². The maximum Gasteiger partial charge on any atom is 0.293 e. The number of hydrogen-bond acceptors (Lipinski definition) is 7. The molecule has 78 valence electrons. The second-order valence-electron chi connectivity index (χ2n) is 2.61. The standard InChI is InChI=1S/C6H8N8O/c1-7-4-3(5(15)8-2)11-14-6(9-4)10-12-13-14/h1-2H3,(H,8,15)(H,7,9,10,13). The predicted molar refractivity (Wildman–Crippen MR) is 49.3 cm³/mol. The second-order valence-corrected chi connectivity index (χ2v) is 2.61. The molecule has 0 saturated heterocycles. The van der Waals surface area contributed by atoms with Crippen molar-refractivity contribution in [2.45, 2.75) is 0 Å². The van der Waals surface area contributed by atoms with Gasteiger partial charge in [-0.15, -0.1) is 5.10 Å². The summed E-state index contributed by atoms with van der Waals surface area (Å²) in [5.74, 6) is 0.202. The smallest absolute Gasteiger partial charge is 0.293 e. The number of nitrogens with one attached hydrogen (secondary N) is 2. The molecule has 0 bridgehead atoms. The molecule has 2 heterocycles. The van der Waals surface area contributed by atoms with Gasteiger partial charge in [0.15, 0.2) is 11.5 Å². The van der Waals surface area contributed by atoms with Crippen molar-refractivity contribution in [2.75, 3.05) is 19.4 Å². The largest absolute Gasteiger partial charge is 0.371 e. The van der Waals surface area contributed by atoms with Crippen LogP contribution < -0.4 is 10.6 Å². The zero-order valence-corrected chi connectivity index (χ0v) is 8.09. The van der Waals surface area contributed by atoms with Crippen LogP contribution >= 0.6 is 0 Å². The summed E-state index contributed by atoms with van der Waals surface area (Å²) < 4.78 is 1.09. The number of carbonyl (C=O) groups is 1. The van der Waals surface area contributed by atoms with Crippen LogP contribution in [0.15, 0.2) is 0 Å². The molecule has 0 aliphatic carbocycles. The summed E-state index contributed by atoms with van der Waals surface area (Å²) >= 11 is 0. The van der Waals surface area contributed by atoms with Crippen molar-refractivity contribution < 1.29 is 4.79 Å². The SMILES string of the molecule is CNC(=O)c1nn2nnnc2nc1NC. The van der Waals surface area contributed by atoms with Crippen LogP contribution in [0.25, 0.3) is 5.78 Å². The minimum atomic E-state index is -0.357. The highest BCUT2D eigenvalue weighted by atomic mass is 16.1. The monoisotopic (exact) mass is 208 g/mol. The number of anilines is 1. The fourth-order valence-corrected chi connectivity index (χ4v) is 1.05. The van der Waals surface area contributed by atoms with E-state index in [4.69, 9.17) is 0 Å². The first-order valence-corrected chi connectivity index (χ1v) is 4.12. The Morgan fingerprint density at radius 3 is 2.87 bits per heavy atom. The van der Waals surface area contributed by atoms with Crippen molar-refractivity contribution >= 4 is 17.5 Å². The van der Waals surface area contributed by atoms with Crippen molar-refractivity contribution in [1.82, 2.24) is 35.6 Å². The summed E-state index contributed by atoms with van der Waals surface area (Å²) in [4.78, 5) is 15.4. The van der Waals surface area contributed by atoms with E-state index in [1.54, 1.807) is 7.05 Å². The molecule has 0 fully saturated rings. The van der Waals surface area contributed by atoms with Crippen LogP contribution in [0.5, 0.6) is 0 Å². The molecule has 0 atom stereocenters. The number of carbonyl (C=O) groups excluding carboxylic acids is 1. The molecule has 0 radical (unpaired) electrons. The lowest BCUT2D eigenvalue weighted by atomic mass is 10.4. The van der Waals surface area contributed by atoms with E-state index in [9.17, 15) is 4.79 Å². The van der Waals surface area contributed by atoms with Crippen LogP contribution in [0.3, 0.4) is 0 Å². The number of rotatable bonds is 2. The number of tetrazole rings is 1. The first-order chi connectivity index (χ1) is 7.26. The number of amides is 1. The highest BCUT2D eigenvalue weighted by molar-refractivity contribution is 5.96. The van der Waals surface area contributed by atoms with Crippen molar-refractivity contribution in [3.05, 3.63) is 5.69 Å². The quantitative estimate of drug-likeness (QED) is 0.606. The van der Waals surface area contributed by atoms with E-state index in [-0.39, 0.29) is 17.4 Å². The normalized spacial score (nSPS) is 10.3. The maximum atomic E-state index is 11.4. The molecule has 9 heteroatoms. The molecule has 1 amide bonds. The lowest BCUT2D eigenvalue weighted by Gasteiger charge is -2.04. The van der Waals surface area contributed by atoms with Crippen LogP contribution in [0, 0.1) is 0 Å². The fourth-order valence-electron chi connectivity index (χ4n) is 1.05. The van der Waals surface area contributed by atoms with Gasteiger partial charge in [-0.25, -0.2) is 0 Å². The number of hydrogen-bond donors (Lipinski definition) is 2. The Labute approximate surface area is 83.9 Å². The van der Waals surface area contributed by atoms with E-state index >= 15 is 0 Å². The molecule has 0 spiro atoms. The highest BCUT2D eigenvalue weighted by Gasteiger charge is 2.15. The minimum absolute atomic E-state index is 0.139. The van der Waals surface area contributed by atoms with Gasteiger partial charge < -0.3 is 10.6 Å². The molecule has 2 aromatic heterocycles. The average molecular weight is 208 g/mol. The number of nitrogens with zero attached hydrogens (tertiary/aromatic N) is 6. The first-order valence-electron chi connectivity index (χ1n) is 4.12. The minimum Gasteiger partial charge on any atom is -0.371 e. The third kappa shape index (κ3) is 1.43. The third-order valence-electron chi connectivity index (χ3n) is 1.75. The zero-order chi connectivity index (χ0) is 10.8. The van der Waals surface area contributed by atoms with Gasteiger partial charge in [-0.3, -0.25) is 4.79 Å². The van der Waals surface area contributed by atoms with E-state index in [2.05, 4.69) is 36.2 Å². The van der Waals surface area contributed by atoms with Crippen molar-refractivity contribution in [3.8, 4) is 0 Å². The Kier molecular flexibility index (Phi) is 2.12. The molecule has 0 aromatic carbocycles. The summed E-state index contributed by atoms with van der Waals surface area (Å²) in [7, 11) is 3.14. The Morgan fingerprint density at radius 1 is 1.40 bits per heavy atom. The second kappa shape index (κ2) is 3.44. The van der Waals surface area contributed by atoms with Crippen molar-refractivity contribution in [3.63, 3.8) is 0 Å². The van der Waals surface area contributed by atoms with Crippen molar-refractivity contribution in [1.29, 1.82) is 0 Å². The number of aromatic nitrogens is 6. The molecule has 2 N–H and O–H groups in total. The van der Waals surface area contributed by atoms with Gasteiger partial charge in [-0.2, -0.15) is 4.98 Å². The molecule has 2 aromatic rings. The molecule has 0 aliphatic heterocycles. The Morgan fingerprint density at radius 2 is 2.20 bits per heavy atom. The molecule has 0 aliphatic rings. The topological polar surface area (TPSA) is 110 Å². The van der Waals surface area contributed by atoms with E-state index in [0.29, 0.717) is 5.82 Å². The summed E-state index contributed by atoms with van der Waals surface area (Å²) in [6, 6.07) is 0. The molecular weight excluding hydrogens is 200 g/mol. The van der Waals surface area contributed by atoms with E-state index < -0.39 is 0 Å². The van der Waals surface area contributed by atoms with Gasteiger partial charge in [-0.1, -0.05) is 9.73 Å². The fraction of sp³-hybridized carbons (Fsp3) is 0.333. The molecule has 15 heavy (non-hydrogen) atoms. The first kappa shape index (κ1) is 9.24. The summed E-state index contributed by atoms with van der Waals surface area (Å²) in [5, 5.41) is 19.7. The molecule has 9 nitrogen and oxygen atoms in total. The van der Waals surface area contributed by atoms with Gasteiger partial charge in [-0.05, 0) is 10.4 Å². The summed E-state index contributed by atoms with van der Waals surface area (Å²) in [6.07, 6.45) is 0. The lowest BCUT2D eigenvalue weighted by Crippen LogP contribution is -2.23. The predicted octanol–water partition coefficient (Wildman–Crippen LogP) is -1.68. The third-order valence-corrected chi connectivity index (χ3v) is 1.75. The molecule has 0 unspecified atom stereocenters. The lowest BCUT2D eigenvalue weighted by molar-refractivity contribution is 0.0957. The van der Waals surface area contributed by atoms with E-state index in [1.807, 2.05) is 0 Å². The van der Waals surface area contributed by atoms with Gasteiger partial charge in [0.1, 0.15) is 0 Å². The van der Waals surface area contributed by atoms with E-state index in [0.717, 1.165) is 4.63 Å². The van der Waals surface area contributed by atoms with Crippen LogP contribution in [0.2, 0.25) is 0 Å². The van der Waals surface area contributed by atoms with Gasteiger partial charge in [0.2, 0.25) is 0 Å². The van der Waals surface area contributed by atoms with Gasteiger partial charge in [0, 0.05) is 14.1 Å². The van der Waals surface area contributed by atoms with Gasteiger partial charge in [0.05, 0.1) is 0 Å². The Balaban J connectivity index is 2.64. The molecule has 2 rings (SSSR count). The zero-order valence-electron chi connectivity index (χ0n) is 8.09. The van der Waals surface area contributed by atoms with E-state index in [1.165, 1.54) is 7.05 Å². The van der Waals surface area contributed by atoms with Crippen LogP contribution in [0.4, 0.5) is 5.82 Å². The number of fused-ring (bicyclic) bond motifs is 1. The molecular formula is C6H8N8O. The maximum absolute atomic E-state index is 11.4. The Hall–Kier alpha value is -2.32. The highest BCUT2D eigenvalue weighted by Crippen LogP contribution is 2.08. The van der Waals surface area contributed by atoms with Crippen molar-refractivity contribution in [2.24, 2.45) is 0 Å². The van der Waals surface area contributed by atoms with Gasteiger partial charge in [0.25, 0.3) is 11.7 Å². The van der Waals surface area contributed by atoms with Crippen LogP contribution in [-0.2, 0) is 0 Å². The average Bonchev–Trinajstić information content (AvgIpc) is 2.73. The summed E-state index contributed by atoms with van der Waals surface area (Å²) in [6.45, 7) is 0.